The quantitative estimate of drug-likeness (QED) is 0.858. The third-order valence-electron chi connectivity index (χ3n) is 3.98. The Balaban J connectivity index is 1.84. The maximum atomic E-state index is 12.1. The second-order valence-electron chi connectivity index (χ2n) is 5.24. The Morgan fingerprint density at radius 1 is 1.42 bits per heavy atom. The van der Waals surface area contributed by atoms with E-state index in [-0.39, 0.29) is 11.4 Å². The normalized spacial score (nSPS) is 18.2. The van der Waals surface area contributed by atoms with E-state index in [0.717, 1.165) is 17.3 Å². The SMILES string of the molecule is CNC1(CC(=O)NCc2sccc2Br)CCCCC1. The van der Waals surface area contributed by atoms with Gasteiger partial charge in [0, 0.05) is 21.3 Å². The van der Waals surface area contributed by atoms with Gasteiger partial charge in [-0.15, -0.1) is 11.3 Å². The van der Waals surface area contributed by atoms with Crippen LogP contribution in [0.2, 0.25) is 0 Å². The van der Waals surface area contributed by atoms with Crippen molar-refractivity contribution >= 4 is 33.2 Å². The summed E-state index contributed by atoms with van der Waals surface area (Å²) in [5.41, 5.74) is 0.0228. The molecule has 0 bridgehead atoms. The fourth-order valence-corrected chi connectivity index (χ4v) is 4.18. The van der Waals surface area contributed by atoms with Gasteiger partial charge in [0.15, 0.2) is 0 Å². The lowest BCUT2D eigenvalue weighted by Crippen LogP contribution is -2.48. The Hall–Kier alpha value is -0.390. The van der Waals surface area contributed by atoms with Gasteiger partial charge in [-0.3, -0.25) is 4.79 Å². The van der Waals surface area contributed by atoms with Crippen LogP contribution in [0.1, 0.15) is 43.4 Å². The fourth-order valence-electron chi connectivity index (χ4n) is 2.74. The van der Waals surface area contributed by atoms with Crippen molar-refractivity contribution in [3.8, 4) is 0 Å². The van der Waals surface area contributed by atoms with Crippen molar-refractivity contribution < 1.29 is 4.79 Å². The van der Waals surface area contributed by atoms with Crippen molar-refractivity contribution in [2.45, 2.75) is 50.6 Å². The van der Waals surface area contributed by atoms with Crippen molar-refractivity contribution in [1.82, 2.24) is 10.6 Å². The number of thiophene rings is 1. The molecule has 1 aromatic heterocycles. The first kappa shape index (κ1) is 15.0. The lowest BCUT2D eigenvalue weighted by atomic mass is 9.79. The molecule has 1 aromatic rings. The van der Waals surface area contributed by atoms with Crippen molar-refractivity contribution in [1.29, 1.82) is 0 Å². The average Bonchev–Trinajstić information content (AvgIpc) is 2.83. The van der Waals surface area contributed by atoms with E-state index < -0.39 is 0 Å². The number of halogens is 1. The molecule has 0 aromatic carbocycles. The molecule has 0 saturated heterocycles. The van der Waals surface area contributed by atoms with Crippen molar-refractivity contribution in [3.05, 3.63) is 20.8 Å². The second kappa shape index (κ2) is 6.86. The molecule has 3 nitrogen and oxygen atoms in total. The monoisotopic (exact) mass is 344 g/mol. The molecule has 1 heterocycles. The van der Waals surface area contributed by atoms with Crippen LogP contribution >= 0.6 is 27.3 Å². The summed E-state index contributed by atoms with van der Waals surface area (Å²) in [6, 6.07) is 2.02. The van der Waals surface area contributed by atoms with Crippen molar-refractivity contribution in [2.75, 3.05) is 7.05 Å². The molecular weight excluding hydrogens is 324 g/mol. The first-order chi connectivity index (χ1) is 9.15. The third kappa shape index (κ3) is 4.04. The lowest BCUT2D eigenvalue weighted by Gasteiger charge is -2.36. The maximum Gasteiger partial charge on any atom is 0.222 e. The predicted octanol–water partition coefficient (Wildman–Crippen LogP) is 3.44. The number of nitrogens with one attached hydrogen (secondary N) is 2. The molecule has 0 spiro atoms. The summed E-state index contributed by atoms with van der Waals surface area (Å²) in [6.45, 7) is 0.622. The lowest BCUT2D eigenvalue weighted by molar-refractivity contribution is -0.123. The standard InChI is InChI=1S/C14H21BrN2OS/c1-16-14(6-3-2-4-7-14)9-13(18)17-10-12-11(15)5-8-19-12/h5,8,16H,2-4,6-7,9-10H2,1H3,(H,17,18). The Labute approximate surface area is 127 Å². The summed E-state index contributed by atoms with van der Waals surface area (Å²) in [5.74, 6) is 0.150. The van der Waals surface area contributed by atoms with Crippen molar-refractivity contribution in [2.24, 2.45) is 0 Å². The highest BCUT2D eigenvalue weighted by Crippen LogP contribution is 2.30. The van der Waals surface area contributed by atoms with E-state index in [2.05, 4.69) is 26.6 Å². The van der Waals surface area contributed by atoms with Gasteiger partial charge in [0.25, 0.3) is 0 Å². The number of amides is 1. The Kier molecular flexibility index (Phi) is 5.42. The Bertz CT molecular complexity index is 427. The molecule has 1 amide bonds. The number of hydrogen-bond acceptors (Lipinski definition) is 3. The highest BCUT2D eigenvalue weighted by molar-refractivity contribution is 9.10. The fraction of sp³-hybridized carbons (Fsp3) is 0.643. The van der Waals surface area contributed by atoms with Crippen LogP contribution in [-0.4, -0.2) is 18.5 Å². The molecule has 1 saturated carbocycles. The summed E-state index contributed by atoms with van der Waals surface area (Å²) in [6.07, 6.45) is 6.56. The van der Waals surface area contributed by atoms with Gasteiger partial charge in [0.1, 0.15) is 0 Å². The summed E-state index contributed by atoms with van der Waals surface area (Å²) >= 11 is 5.15. The van der Waals surface area contributed by atoms with Crippen LogP contribution in [0.3, 0.4) is 0 Å². The van der Waals surface area contributed by atoms with E-state index in [0.29, 0.717) is 13.0 Å². The van der Waals surface area contributed by atoms with Crippen LogP contribution in [-0.2, 0) is 11.3 Å². The van der Waals surface area contributed by atoms with E-state index in [4.69, 9.17) is 0 Å². The summed E-state index contributed by atoms with van der Waals surface area (Å²) in [5, 5.41) is 8.45. The molecule has 106 valence electrons. The van der Waals surface area contributed by atoms with Gasteiger partial charge in [-0.05, 0) is 47.3 Å². The van der Waals surface area contributed by atoms with E-state index in [1.807, 2.05) is 18.5 Å². The maximum absolute atomic E-state index is 12.1. The smallest absolute Gasteiger partial charge is 0.222 e. The zero-order chi connectivity index (χ0) is 13.7. The minimum absolute atomic E-state index is 0.0228. The largest absolute Gasteiger partial charge is 0.351 e. The van der Waals surface area contributed by atoms with Gasteiger partial charge in [-0.2, -0.15) is 0 Å². The molecule has 19 heavy (non-hydrogen) atoms. The molecule has 0 unspecified atom stereocenters. The van der Waals surface area contributed by atoms with Crippen molar-refractivity contribution in [3.63, 3.8) is 0 Å². The van der Waals surface area contributed by atoms with Crippen LogP contribution in [0.25, 0.3) is 0 Å². The highest BCUT2D eigenvalue weighted by atomic mass is 79.9. The summed E-state index contributed by atoms with van der Waals surface area (Å²) < 4.78 is 1.08. The number of hydrogen-bond donors (Lipinski definition) is 2. The van der Waals surface area contributed by atoms with Crippen LogP contribution in [0.5, 0.6) is 0 Å². The minimum Gasteiger partial charge on any atom is -0.351 e. The Morgan fingerprint density at radius 2 is 2.16 bits per heavy atom. The molecular formula is C14H21BrN2OS. The predicted molar refractivity (Wildman–Crippen MR) is 83.4 cm³/mol. The first-order valence-corrected chi connectivity index (χ1v) is 8.50. The summed E-state index contributed by atoms with van der Waals surface area (Å²) in [7, 11) is 1.98. The molecule has 2 N–H and O–H groups in total. The van der Waals surface area contributed by atoms with Crippen LogP contribution in [0, 0.1) is 0 Å². The minimum atomic E-state index is 0.0228. The molecule has 0 radical (unpaired) electrons. The zero-order valence-electron chi connectivity index (χ0n) is 11.3. The zero-order valence-corrected chi connectivity index (χ0v) is 13.7. The van der Waals surface area contributed by atoms with E-state index in [1.54, 1.807) is 11.3 Å². The Morgan fingerprint density at radius 3 is 2.74 bits per heavy atom. The van der Waals surface area contributed by atoms with Gasteiger partial charge in [-0.1, -0.05) is 19.3 Å². The average molecular weight is 345 g/mol. The van der Waals surface area contributed by atoms with Gasteiger partial charge >= 0.3 is 0 Å². The molecule has 0 aliphatic heterocycles. The van der Waals surface area contributed by atoms with Crippen LogP contribution in [0.4, 0.5) is 0 Å². The number of carbonyl (C=O) groups is 1. The van der Waals surface area contributed by atoms with E-state index in [1.165, 1.54) is 24.1 Å². The number of rotatable bonds is 5. The summed E-state index contributed by atoms with van der Waals surface area (Å²) in [4.78, 5) is 13.3. The molecule has 2 rings (SSSR count). The molecule has 1 aliphatic carbocycles. The molecule has 5 heteroatoms. The number of carbonyl (C=O) groups excluding carboxylic acids is 1. The topological polar surface area (TPSA) is 41.1 Å². The van der Waals surface area contributed by atoms with Crippen LogP contribution in [0.15, 0.2) is 15.9 Å². The molecule has 1 fully saturated rings. The van der Waals surface area contributed by atoms with E-state index >= 15 is 0 Å². The van der Waals surface area contributed by atoms with Gasteiger partial charge in [0.2, 0.25) is 5.91 Å². The van der Waals surface area contributed by atoms with Crippen LogP contribution < -0.4 is 10.6 Å². The van der Waals surface area contributed by atoms with Gasteiger partial charge in [-0.25, -0.2) is 0 Å². The van der Waals surface area contributed by atoms with E-state index in [9.17, 15) is 4.79 Å². The first-order valence-electron chi connectivity index (χ1n) is 6.83. The molecule has 1 aliphatic rings. The highest BCUT2D eigenvalue weighted by Gasteiger charge is 2.32. The van der Waals surface area contributed by atoms with Gasteiger partial charge < -0.3 is 10.6 Å². The second-order valence-corrected chi connectivity index (χ2v) is 7.09. The van der Waals surface area contributed by atoms with Gasteiger partial charge in [0.05, 0.1) is 6.54 Å². The molecule has 0 atom stereocenters. The third-order valence-corrected chi connectivity index (χ3v) is 5.90.